The van der Waals surface area contributed by atoms with Gasteiger partial charge in [-0.2, -0.15) is 5.10 Å². The van der Waals surface area contributed by atoms with E-state index in [9.17, 15) is 9.59 Å². The SMILES string of the molecule is CC(C)CN(Cc1cnn(C)c1)C(=O)C[C@H]1NC(=O)c2ccccc21. The van der Waals surface area contributed by atoms with Gasteiger partial charge >= 0.3 is 0 Å². The molecule has 0 spiro atoms. The van der Waals surface area contributed by atoms with E-state index in [4.69, 9.17) is 0 Å². The number of benzene rings is 1. The fourth-order valence-corrected chi connectivity index (χ4v) is 3.26. The smallest absolute Gasteiger partial charge is 0.252 e. The zero-order chi connectivity index (χ0) is 18.0. The van der Waals surface area contributed by atoms with E-state index in [1.807, 2.05) is 36.3 Å². The average molecular weight is 340 g/mol. The van der Waals surface area contributed by atoms with E-state index in [0.717, 1.165) is 11.1 Å². The highest BCUT2D eigenvalue weighted by atomic mass is 16.2. The molecule has 0 unspecified atom stereocenters. The highest BCUT2D eigenvalue weighted by Gasteiger charge is 2.31. The zero-order valence-electron chi connectivity index (χ0n) is 14.9. The molecule has 3 rings (SSSR count). The molecule has 25 heavy (non-hydrogen) atoms. The molecule has 0 bridgehead atoms. The van der Waals surface area contributed by atoms with Crippen molar-refractivity contribution in [3.8, 4) is 0 Å². The summed E-state index contributed by atoms with van der Waals surface area (Å²) in [7, 11) is 1.86. The van der Waals surface area contributed by atoms with E-state index in [-0.39, 0.29) is 24.3 Å². The number of carbonyl (C=O) groups is 2. The first kappa shape index (κ1) is 17.2. The van der Waals surface area contributed by atoms with Crippen molar-refractivity contribution in [3.05, 3.63) is 53.3 Å². The van der Waals surface area contributed by atoms with Crippen LogP contribution in [-0.2, 0) is 18.4 Å². The number of amides is 2. The fourth-order valence-electron chi connectivity index (χ4n) is 3.26. The average Bonchev–Trinajstić information content (AvgIpc) is 3.11. The molecular formula is C19H24N4O2. The molecule has 132 valence electrons. The van der Waals surface area contributed by atoms with Crippen molar-refractivity contribution in [2.24, 2.45) is 13.0 Å². The van der Waals surface area contributed by atoms with Crippen LogP contribution in [0.4, 0.5) is 0 Å². The van der Waals surface area contributed by atoms with E-state index in [2.05, 4.69) is 24.3 Å². The number of aromatic nitrogens is 2. The first-order valence-corrected chi connectivity index (χ1v) is 8.59. The second-order valence-electron chi connectivity index (χ2n) is 7.01. The Hall–Kier alpha value is -2.63. The number of aryl methyl sites for hydroxylation is 1. The monoisotopic (exact) mass is 340 g/mol. The van der Waals surface area contributed by atoms with Crippen molar-refractivity contribution in [3.63, 3.8) is 0 Å². The quantitative estimate of drug-likeness (QED) is 0.877. The third-order valence-corrected chi connectivity index (χ3v) is 4.33. The van der Waals surface area contributed by atoms with Gasteiger partial charge in [-0.3, -0.25) is 14.3 Å². The third-order valence-electron chi connectivity index (χ3n) is 4.33. The molecule has 2 heterocycles. The standard InChI is InChI=1S/C19H24N4O2/c1-13(2)10-23(12-14-9-20-22(3)11-14)18(24)8-17-15-6-4-5-7-16(15)19(25)21-17/h4-7,9,11,13,17H,8,10,12H2,1-3H3,(H,21,25)/t17-/m1/s1. The highest BCUT2D eigenvalue weighted by Crippen LogP contribution is 2.28. The van der Waals surface area contributed by atoms with Crippen molar-refractivity contribution in [1.82, 2.24) is 20.0 Å². The minimum Gasteiger partial charge on any atom is -0.345 e. The van der Waals surface area contributed by atoms with Crippen molar-refractivity contribution < 1.29 is 9.59 Å². The molecule has 1 aromatic carbocycles. The summed E-state index contributed by atoms with van der Waals surface area (Å²) in [4.78, 5) is 26.8. The predicted octanol–water partition coefficient (Wildman–Crippen LogP) is 2.28. The van der Waals surface area contributed by atoms with Crippen molar-refractivity contribution in [1.29, 1.82) is 0 Å². The molecule has 0 radical (unpaired) electrons. The number of rotatable bonds is 6. The van der Waals surface area contributed by atoms with Crippen LogP contribution in [0.5, 0.6) is 0 Å². The van der Waals surface area contributed by atoms with Crippen LogP contribution in [0.3, 0.4) is 0 Å². The summed E-state index contributed by atoms with van der Waals surface area (Å²) in [6, 6.07) is 7.21. The van der Waals surface area contributed by atoms with E-state index in [1.165, 1.54) is 0 Å². The molecule has 1 aliphatic heterocycles. The summed E-state index contributed by atoms with van der Waals surface area (Å²) in [5, 5.41) is 7.10. The second-order valence-corrected chi connectivity index (χ2v) is 7.01. The van der Waals surface area contributed by atoms with Crippen LogP contribution < -0.4 is 5.32 Å². The summed E-state index contributed by atoms with van der Waals surface area (Å²) < 4.78 is 1.74. The van der Waals surface area contributed by atoms with Crippen molar-refractivity contribution in [2.75, 3.05) is 6.54 Å². The highest BCUT2D eigenvalue weighted by molar-refractivity contribution is 5.99. The maximum absolute atomic E-state index is 12.9. The lowest BCUT2D eigenvalue weighted by Crippen LogP contribution is -2.36. The topological polar surface area (TPSA) is 67.2 Å². The number of hydrogen-bond donors (Lipinski definition) is 1. The van der Waals surface area contributed by atoms with Crippen LogP contribution in [0.15, 0.2) is 36.7 Å². The lowest BCUT2D eigenvalue weighted by Gasteiger charge is -2.25. The van der Waals surface area contributed by atoms with E-state index < -0.39 is 0 Å². The summed E-state index contributed by atoms with van der Waals surface area (Å²) >= 11 is 0. The van der Waals surface area contributed by atoms with Gasteiger partial charge in [-0.15, -0.1) is 0 Å². The van der Waals surface area contributed by atoms with Gasteiger partial charge in [0.05, 0.1) is 18.7 Å². The number of nitrogens with zero attached hydrogens (tertiary/aromatic N) is 3. The Labute approximate surface area is 147 Å². The molecule has 1 N–H and O–H groups in total. The van der Waals surface area contributed by atoms with Crippen molar-refractivity contribution in [2.45, 2.75) is 32.9 Å². The van der Waals surface area contributed by atoms with Gasteiger partial charge < -0.3 is 10.2 Å². The van der Waals surface area contributed by atoms with Gasteiger partial charge in [0.25, 0.3) is 5.91 Å². The lowest BCUT2D eigenvalue weighted by molar-refractivity contribution is -0.132. The van der Waals surface area contributed by atoms with Crippen LogP contribution in [0, 0.1) is 5.92 Å². The maximum Gasteiger partial charge on any atom is 0.252 e. The van der Waals surface area contributed by atoms with Crippen LogP contribution in [0.25, 0.3) is 0 Å². The lowest BCUT2D eigenvalue weighted by atomic mass is 10.0. The third kappa shape index (κ3) is 3.90. The first-order valence-electron chi connectivity index (χ1n) is 8.59. The molecule has 6 nitrogen and oxygen atoms in total. The van der Waals surface area contributed by atoms with Gasteiger partial charge in [-0.05, 0) is 17.5 Å². The van der Waals surface area contributed by atoms with Gasteiger partial charge in [0.1, 0.15) is 0 Å². The number of carbonyl (C=O) groups excluding carboxylic acids is 2. The number of nitrogens with one attached hydrogen (secondary N) is 1. The first-order chi connectivity index (χ1) is 11.9. The minimum absolute atomic E-state index is 0.0413. The Kier molecular flexibility index (Phi) is 4.88. The molecule has 2 aromatic rings. The van der Waals surface area contributed by atoms with Gasteiger partial charge in [0, 0.05) is 37.5 Å². The Morgan fingerprint density at radius 3 is 2.80 bits per heavy atom. The van der Waals surface area contributed by atoms with Gasteiger partial charge in [-0.1, -0.05) is 32.0 Å². The fraction of sp³-hybridized carbons (Fsp3) is 0.421. The molecule has 0 aliphatic carbocycles. The molecule has 2 amide bonds. The molecule has 1 aromatic heterocycles. The van der Waals surface area contributed by atoms with E-state index in [0.29, 0.717) is 24.6 Å². The minimum atomic E-state index is -0.250. The van der Waals surface area contributed by atoms with Crippen molar-refractivity contribution >= 4 is 11.8 Å². The number of hydrogen-bond acceptors (Lipinski definition) is 3. The largest absolute Gasteiger partial charge is 0.345 e. The van der Waals surface area contributed by atoms with E-state index in [1.54, 1.807) is 16.9 Å². The number of fused-ring (bicyclic) bond motifs is 1. The van der Waals surface area contributed by atoms with Gasteiger partial charge in [0.2, 0.25) is 5.91 Å². The molecule has 0 saturated heterocycles. The van der Waals surface area contributed by atoms with Crippen LogP contribution in [0.1, 0.15) is 47.8 Å². The Morgan fingerprint density at radius 2 is 2.12 bits per heavy atom. The Morgan fingerprint density at radius 1 is 1.36 bits per heavy atom. The Bertz CT molecular complexity index is 781. The molecule has 1 aliphatic rings. The van der Waals surface area contributed by atoms with Gasteiger partial charge in [-0.25, -0.2) is 0 Å². The van der Waals surface area contributed by atoms with Crippen LogP contribution in [-0.4, -0.2) is 33.0 Å². The molecule has 1 atom stereocenters. The predicted molar refractivity (Wildman–Crippen MR) is 94.7 cm³/mol. The second kappa shape index (κ2) is 7.09. The Balaban J connectivity index is 1.73. The summed E-state index contributed by atoms with van der Waals surface area (Å²) in [6.07, 6.45) is 3.98. The molecule has 0 saturated carbocycles. The van der Waals surface area contributed by atoms with Crippen LogP contribution in [0.2, 0.25) is 0 Å². The molecule has 6 heteroatoms. The summed E-state index contributed by atoms with van der Waals surface area (Å²) in [6.45, 7) is 5.40. The zero-order valence-corrected chi connectivity index (χ0v) is 14.9. The normalized spacial score (nSPS) is 16.0. The summed E-state index contributed by atoms with van der Waals surface area (Å²) in [5.41, 5.74) is 2.59. The molecule has 0 fully saturated rings. The summed E-state index contributed by atoms with van der Waals surface area (Å²) in [5.74, 6) is 0.307. The van der Waals surface area contributed by atoms with Crippen LogP contribution >= 0.6 is 0 Å². The van der Waals surface area contributed by atoms with Gasteiger partial charge in [0.15, 0.2) is 0 Å². The molecular weight excluding hydrogens is 316 g/mol. The van der Waals surface area contributed by atoms with E-state index >= 15 is 0 Å². The maximum atomic E-state index is 12.9.